The number of esters is 1. The van der Waals surface area contributed by atoms with Crippen molar-refractivity contribution in [3.8, 4) is 17.2 Å². The molecule has 0 aliphatic carbocycles. The molecule has 1 aromatic heterocycles. The highest BCUT2D eigenvalue weighted by molar-refractivity contribution is 9.10. The van der Waals surface area contributed by atoms with Crippen LogP contribution in [-0.4, -0.2) is 19.2 Å². The molecule has 6 nitrogen and oxygen atoms in total. The summed E-state index contributed by atoms with van der Waals surface area (Å²) in [7, 11) is 0. The fraction of sp³-hybridized carbons (Fsp3) is 0.238. The quantitative estimate of drug-likeness (QED) is 0.355. The van der Waals surface area contributed by atoms with Crippen LogP contribution in [0.5, 0.6) is 17.2 Å². The average molecular weight is 447 g/mol. The number of fused-ring (bicyclic) bond motifs is 1. The van der Waals surface area contributed by atoms with Crippen LogP contribution in [0.2, 0.25) is 0 Å². The monoisotopic (exact) mass is 446 g/mol. The van der Waals surface area contributed by atoms with E-state index in [-0.39, 0.29) is 17.8 Å². The van der Waals surface area contributed by atoms with Gasteiger partial charge in [0.05, 0.1) is 16.5 Å². The molecule has 0 N–H and O–H groups in total. The van der Waals surface area contributed by atoms with E-state index in [1.807, 2.05) is 19.1 Å². The van der Waals surface area contributed by atoms with Crippen LogP contribution < -0.4 is 14.9 Å². The Bertz CT molecular complexity index is 1030. The molecule has 3 rings (SSSR count). The first-order valence-corrected chi connectivity index (χ1v) is 9.64. The van der Waals surface area contributed by atoms with Crippen molar-refractivity contribution in [2.75, 3.05) is 13.2 Å². The Hall–Kier alpha value is -2.80. The molecule has 0 amide bonds. The smallest absolute Gasteiger partial charge is 0.344 e. The first kappa shape index (κ1) is 19.9. The van der Waals surface area contributed by atoms with Crippen molar-refractivity contribution in [3.63, 3.8) is 0 Å². The molecule has 0 aliphatic rings. The Morgan fingerprint density at radius 3 is 2.75 bits per heavy atom. The summed E-state index contributed by atoms with van der Waals surface area (Å²) >= 11 is 3.37. The molecule has 0 saturated carbocycles. The van der Waals surface area contributed by atoms with Crippen LogP contribution in [0.25, 0.3) is 11.0 Å². The maximum Gasteiger partial charge on any atom is 0.344 e. The number of unbranched alkanes of at least 4 members (excludes halogenated alkanes) is 1. The van der Waals surface area contributed by atoms with Crippen LogP contribution in [0.3, 0.4) is 0 Å². The molecule has 28 heavy (non-hydrogen) atoms. The predicted molar refractivity (Wildman–Crippen MR) is 108 cm³/mol. The summed E-state index contributed by atoms with van der Waals surface area (Å²) in [4.78, 5) is 24.3. The van der Waals surface area contributed by atoms with Gasteiger partial charge in [0.15, 0.2) is 6.61 Å². The van der Waals surface area contributed by atoms with Crippen LogP contribution in [0.15, 0.2) is 62.4 Å². The fourth-order valence-corrected chi connectivity index (χ4v) is 2.78. The summed E-state index contributed by atoms with van der Waals surface area (Å²) < 4.78 is 22.4. The molecule has 1 heterocycles. The lowest BCUT2D eigenvalue weighted by Crippen LogP contribution is -2.15. The minimum absolute atomic E-state index is 0.0765. The molecule has 0 saturated heterocycles. The van der Waals surface area contributed by atoms with Crippen molar-refractivity contribution >= 4 is 32.9 Å². The maximum atomic E-state index is 12.7. The zero-order valence-electron chi connectivity index (χ0n) is 15.3. The largest absolute Gasteiger partial charge is 0.482 e. The van der Waals surface area contributed by atoms with Gasteiger partial charge in [-0.05, 0) is 46.6 Å². The molecular weight excluding hydrogens is 428 g/mol. The van der Waals surface area contributed by atoms with E-state index in [9.17, 15) is 9.59 Å². The zero-order valence-corrected chi connectivity index (χ0v) is 16.9. The van der Waals surface area contributed by atoms with E-state index in [0.29, 0.717) is 29.1 Å². The van der Waals surface area contributed by atoms with Gasteiger partial charge in [0, 0.05) is 6.07 Å². The van der Waals surface area contributed by atoms with Crippen molar-refractivity contribution in [3.05, 3.63) is 63.4 Å². The topological polar surface area (TPSA) is 75.0 Å². The minimum atomic E-state index is -0.438. The Kier molecular flexibility index (Phi) is 6.71. The van der Waals surface area contributed by atoms with E-state index in [0.717, 1.165) is 17.3 Å². The van der Waals surface area contributed by atoms with E-state index >= 15 is 0 Å². The van der Waals surface area contributed by atoms with Gasteiger partial charge < -0.3 is 18.6 Å². The Morgan fingerprint density at radius 2 is 1.96 bits per heavy atom. The molecule has 0 bridgehead atoms. The summed E-state index contributed by atoms with van der Waals surface area (Å²) in [5.41, 5.74) is 0.0313. The number of carbonyl (C=O) groups is 1. The molecular formula is C21H19BrO6. The summed E-state index contributed by atoms with van der Waals surface area (Å²) in [6.45, 7) is 2.19. The van der Waals surface area contributed by atoms with Crippen molar-refractivity contribution in [1.29, 1.82) is 0 Å². The number of para-hydroxylation sites is 1. The molecule has 0 atom stereocenters. The third-order valence-corrected chi connectivity index (χ3v) is 4.54. The number of hydrogen-bond donors (Lipinski definition) is 0. The second kappa shape index (κ2) is 9.41. The summed E-state index contributed by atoms with van der Waals surface area (Å²) in [6.07, 6.45) is 3.02. The second-order valence-electron chi connectivity index (χ2n) is 5.98. The first-order valence-electron chi connectivity index (χ1n) is 8.85. The van der Waals surface area contributed by atoms with Crippen LogP contribution in [0, 0.1) is 0 Å². The minimum Gasteiger partial charge on any atom is -0.482 e. The summed E-state index contributed by atoms with van der Waals surface area (Å²) in [5, 5.41) is 0.349. The molecule has 0 spiro atoms. The van der Waals surface area contributed by atoms with Gasteiger partial charge >= 0.3 is 5.97 Å². The predicted octanol–water partition coefficient (Wildman–Crippen LogP) is 5.07. The van der Waals surface area contributed by atoms with Crippen molar-refractivity contribution in [2.45, 2.75) is 19.8 Å². The van der Waals surface area contributed by atoms with Crippen molar-refractivity contribution < 1.29 is 23.4 Å². The molecule has 2 aromatic carbocycles. The van der Waals surface area contributed by atoms with Crippen LogP contribution in [0.4, 0.5) is 0 Å². The van der Waals surface area contributed by atoms with Crippen molar-refractivity contribution in [2.24, 2.45) is 0 Å². The molecule has 7 heteroatoms. The van der Waals surface area contributed by atoms with E-state index < -0.39 is 5.97 Å². The van der Waals surface area contributed by atoms with Crippen molar-refractivity contribution in [1.82, 2.24) is 0 Å². The number of ether oxygens (including phenoxy) is 3. The fourth-order valence-electron chi connectivity index (χ4n) is 2.41. The average Bonchev–Trinajstić information content (AvgIpc) is 2.70. The van der Waals surface area contributed by atoms with Gasteiger partial charge in [-0.1, -0.05) is 25.5 Å². The lowest BCUT2D eigenvalue weighted by atomic mass is 10.2. The van der Waals surface area contributed by atoms with Gasteiger partial charge in [0.25, 0.3) is 0 Å². The van der Waals surface area contributed by atoms with E-state index in [1.54, 1.807) is 30.3 Å². The van der Waals surface area contributed by atoms with Crippen LogP contribution >= 0.6 is 15.9 Å². The number of benzene rings is 2. The van der Waals surface area contributed by atoms with Gasteiger partial charge in [0.1, 0.15) is 23.3 Å². The van der Waals surface area contributed by atoms with Gasteiger partial charge in [-0.15, -0.1) is 0 Å². The third kappa shape index (κ3) is 4.92. The number of carbonyl (C=O) groups excluding carboxylic acids is 1. The standard InChI is InChI=1S/C21H19BrO6/c1-2-3-10-25-20(23)13-26-14-8-9-15-18(11-14)27-12-19(21(15)24)28-17-7-5-4-6-16(17)22/h4-9,11-12H,2-3,10,13H2,1H3. The second-order valence-corrected chi connectivity index (χ2v) is 6.84. The number of halogens is 1. The van der Waals surface area contributed by atoms with E-state index in [2.05, 4.69) is 15.9 Å². The molecule has 3 aromatic rings. The summed E-state index contributed by atoms with van der Waals surface area (Å²) in [6, 6.07) is 11.9. The van der Waals surface area contributed by atoms with Gasteiger partial charge in [0.2, 0.25) is 11.2 Å². The highest BCUT2D eigenvalue weighted by atomic mass is 79.9. The molecule has 0 aliphatic heterocycles. The lowest BCUT2D eigenvalue weighted by molar-refractivity contribution is -0.146. The van der Waals surface area contributed by atoms with E-state index in [4.69, 9.17) is 18.6 Å². The first-order chi connectivity index (χ1) is 13.6. The highest BCUT2D eigenvalue weighted by Gasteiger charge is 2.12. The SMILES string of the molecule is CCCCOC(=O)COc1ccc2c(=O)c(Oc3ccccc3Br)coc2c1. The molecule has 146 valence electrons. The van der Waals surface area contributed by atoms with Crippen LogP contribution in [0.1, 0.15) is 19.8 Å². The summed E-state index contributed by atoms with van der Waals surface area (Å²) in [5.74, 6) is 0.554. The zero-order chi connectivity index (χ0) is 19.9. The third-order valence-electron chi connectivity index (χ3n) is 3.89. The van der Waals surface area contributed by atoms with Gasteiger partial charge in [-0.2, -0.15) is 0 Å². The molecule has 0 fully saturated rings. The van der Waals surface area contributed by atoms with Crippen LogP contribution in [-0.2, 0) is 9.53 Å². The Balaban J connectivity index is 1.73. The maximum absolute atomic E-state index is 12.7. The van der Waals surface area contributed by atoms with Gasteiger partial charge in [-0.3, -0.25) is 4.79 Å². The highest BCUT2D eigenvalue weighted by Crippen LogP contribution is 2.29. The Labute approximate surface area is 170 Å². The Morgan fingerprint density at radius 1 is 1.14 bits per heavy atom. The normalized spacial score (nSPS) is 10.6. The van der Waals surface area contributed by atoms with E-state index in [1.165, 1.54) is 6.26 Å². The molecule has 0 unspecified atom stereocenters. The number of rotatable bonds is 8. The van der Waals surface area contributed by atoms with Gasteiger partial charge in [-0.25, -0.2) is 4.79 Å². The number of hydrogen-bond acceptors (Lipinski definition) is 6. The molecule has 0 radical (unpaired) electrons. The lowest BCUT2D eigenvalue weighted by Gasteiger charge is -2.09.